The van der Waals surface area contributed by atoms with Gasteiger partial charge in [0, 0.05) is 11.5 Å². The normalized spacial score (nSPS) is 10.9. The van der Waals surface area contributed by atoms with E-state index in [2.05, 4.69) is 32.9 Å². The van der Waals surface area contributed by atoms with Crippen LogP contribution < -0.4 is 0 Å². The van der Waals surface area contributed by atoms with Gasteiger partial charge in [0.2, 0.25) is 0 Å². The lowest BCUT2D eigenvalue weighted by Gasteiger charge is -2.14. The van der Waals surface area contributed by atoms with Gasteiger partial charge in [0.25, 0.3) is 0 Å². The molecule has 0 aliphatic carbocycles. The molecule has 0 aliphatic heterocycles. The third-order valence-corrected chi connectivity index (χ3v) is 3.42. The fraction of sp³-hybridized carbons (Fsp3) is 0.588. The summed E-state index contributed by atoms with van der Waals surface area (Å²) in [6.07, 6.45) is 6.46. The predicted octanol–water partition coefficient (Wildman–Crippen LogP) is 5.04. The average molecular weight is 246 g/mol. The molecule has 0 aliphatic rings. The Kier molecular flexibility index (Phi) is 6.70. The van der Waals surface area contributed by atoms with Crippen molar-refractivity contribution in [3.63, 3.8) is 0 Å². The smallest absolute Gasteiger partial charge is 0.165 e. The quantitative estimate of drug-likeness (QED) is 0.587. The Hall–Kier alpha value is -1.11. The highest BCUT2D eigenvalue weighted by Crippen LogP contribution is 2.20. The van der Waals surface area contributed by atoms with Gasteiger partial charge >= 0.3 is 0 Å². The van der Waals surface area contributed by atoms with Crippen LogP contribution in [0.1, 0.15) is 68.8 Å². The molecule has 100 valence electrons. The molecule has 0 amide bonds. The average Bonchev–Trinajstić information content (AvgIpc) is 2.39. The van der Waals surface area contributed by atoms with E-state index in [1.807, 2.05) is 12.1 Å². The summed E-state index contributed by atoms with van der Waals surface area (Å²) in [7, 11) is 0. The molecular weight excluding hydrogens is 220 g/mol. The van der Waals surface area contributed by atoms with Crippen LogP contribution in [0.4, 0.5) is 0 Å². The molecule has 1 aromatic rings. The summed E-state index contributed by atoms with van der Waals surface area (Å²) in [6.45, 7) is 6.48. The standard InChI is InChI=1S/C17H26O/c1-4-7-14-10-12-16(13-11-14)17(18)15(8-5-2)9-6-3/h10-13,15H,4-9H2,1-3H3. The second kappa shape index (κ2) is 8.07. The zero-order chi connectivity index (χ0) is 13.4. The van der Waals surface area contributed by atoms with Crippen molar-refractivity contribution in [2.45, 2.75) is 59.3 Å². The molecule has 1 rings (SSSR count). The Bertz CT molecular complexity index is 344. The van der Waals surface area contributed by atoms with Crippen LogP contribution in [-0.2, 0) is 6.42 Å². The summed E-state index contributed by atoms with van der Waals surface area (Å²) in [6, 6.07) is 8.22. The van der Waals surface area contributed by atoms with E-state index in [1.54, 1.807) is 0 Å². The summed E-state index contributed by atoms with van der Waals surface area (Å²) in [5, 5.41) is 0. The van der Waals surface area contributed by atoms with Gasteiger partial charge in [0.05, 0.1) is 0 Å². The van der Waals surface area contributed by atoms with Crippen molar-refractivity contribution in [3.05, 3.63) is 35.4 Å². The van der Waals surface area contributed by atoms with E-state index in [1.165, 1.54) is 5.56 Å². The van der Waals surface area contributed by atoms with Crippen LogP contribution in [0.5, 0.6) is 0 Å². The van der Waals surface area contributed by atoms with Gasteiger partial charge in [-0.1, -0.05) is 64.3 Å². The van der Waals surface area contributed by atoms with E-state index in [0.717, 1.165) is 44.1 Å². The third kappa shape index (κ3) is 4.29. The molecule has 0 saturated heterocycles. The van der Waals surface area contributed by atoms with E-state index in [4.69, 9.17) is 0 Å². The lowest BCUT2D eigenvalue weighted by atomic mass is 9.89. The van der Waals surface area contributed by atoms with Crippen molar-refractivity contribution in [1.82, 2.24) is 0 Å². The van der Waals surface area contributed by atoms with Gasteiger partial charge in [0.1, 0.15) is 0 Å². The van der Waals surface area contributed by atoms with Crippen LogP contribution in [0.25, 0.3) is 0 Å². The van der Waals surface area contributed by atoms with Crippen molar-refractivity contribution in [1.29, 1.82) is 0 Å². The number of carbonyl (C=O) groups is 1. The molecular formula is C17H26O. The molecule has 0 N–H and O–H groups in total. The second-order valence-electron chi connectivity index (χ2n) is 5.09. The van der Waals surface area contributed by atoms with Crippen molar-refractivity contribution in [2.24, 2.45) is 5.92 Å². The van der Waals surface area contributed by atoms with E-state index in [0.29, 0.717) is 5.78 Å². The number of rotatable bonds is 8. The Balaban J connectivity index is 2.74. The van der Waals surface area contributed by atoms with Crippen LogP contribution in [0.15, 0.2) is 24.3 Å². The van der Waals surface area contributed by atoms with E-state index < -0.39 is 0 Å². The molecule has 0 saturated carbocycles. The zero-order valence-corrected chi connectivity index (χ0v) is 12.0. The molecule has 1 aromatic carbocycles. The molecule has 0 aromatic heterocycles. The van der Waals surface area contributed by atoms with Gasteiger partial charge in [0.15, 0.2) is 5.78 Å². The molecule has 18 heavy (non-hydrogen) atoms. The van der Waals surface area contributed by atoms with Gasteiger partial charge in [-0.3, -0.25) is 4.79 Å². The topological polar surface area (TPSA) is 17.1 Å². The Morgan fingerprint density at radius 3 is 1.94 bits per heavy atom. The first-order valence-electron chi connectivity index (χ1n) is 7.36. The SMILES string of the molecule is CCCc1ccc(C(=O)C(CCC)CCC)cc1. The number of hydrogen-bond donors (Lipinski definition) is 0. The predicted molar refractivity (Wildman–Crippen MR) is 78.1 cm³/mol. The molecule has 1 heteroatoms. The zero-order valence-electron chi connectivity index (χ0n) is 12.0. The molecule has 0 atom stereocenters. The summed E-state index contributed by atoms with van der Waals surface area (Å²) < 4.78 is 0. The van der Waals surface area contributed by atoms with E-state index >= 15 is 0 Å². The fourth-order valence-electron chi connectivity index (χ4n) is 2.46. The maximum absolute atomic E-state index is 12.4. The van der Waals surface area contributed by atoms with Gasteiger partial charge in [-0.05, 0) is 24.8 Å². The van der Waals surface area contributed by atoms with E-state index in [9.17, 15) is 4.79 Å². The van der Waals surface area contributed by atoms with Crippen molar-refractivity contribution >= 4 is 5.78 Å². The maximum Gasteiger partial charge on any atom is 0.165 e. The van der Waals surface area contributed by atoms with Crippen LogP contribution in [0.3, 0.4) is 0 Å². The maximum atomic E-state index is 12.4. The van der Waals surface area contributed by atoms with Crippen LogP contribution >= 0.6 is 0 Å². The number of carbonyl (C=O) groups excluding carboxylic acids is 1. The lowest BCUT2D eigenvalue weighted by molar-refractivity contribution is 0.0905. The van der Waals surface area contributed by atoms with Crippen molar-refractivity contribution in [2.75, 3.05) is 0 Å². The first-order valence-corrected chi connectivity index (χ1v) is 7.36. The Labute approximate surface area is 112 Å². The van der Waals surface area contributed by atoms with Gasteiger partial charge < -0.3 is 0 Å². The first kappa shape index (κ1) is 14.9. The summed E-state index contributed by atoms with van der Waals surface area (Å²) in [5.41, 5.74) is 2.22. The van der Waals surface area contributed by atoms with Crippen molar-refractivity contribution < 1.29 is 4.79 Å². The highest BCUT2D eigenvalue weighted by atomic mass is 16.1. The molecule has 0 radical (unpaired) electrons. The minimum absolute atomic E-state index is 0.219. The van der Waals surface area contributed by atoms with Crippen LogP contribution in [0, 0.1) is 5.92 Å². The number of aryl methyl sites for hydroxylation is 1. The highest BCUT2D eigenvalue weighted by molar-refractivity contribution is 5.97. The number of benzene rings is 1. The molecule has 0 bridgehead atoms. The van der Waals surface area contributed by atoms with Crippen LogP contribution in [-0.4, -0.2) is 5.78 Å². The van der Waals surface area contributed by atoms with Crippen molar-refractivity contribution in [3.8, 4) is 0 Å². The second-order valence-corrected chi connectivity index (χ2v) is 5.09. The highest BCUT2D eigenvalue weighted by Gasteiger charge is 2.18. The lowest BCUT2D eigenvalue weighted by Crippen LogP contribution is -2.14. The Morgan fingerprint density at radius 1 is 0.944 bits per heavy atom. The monoisotopic (exact) mass is 246 g/mol. The minimum Gasteiger partial charge on any atom is -0.294 e. The van der Waals surface area contributed by atoms with Gasteiger partial charge in [-0.25, -0.2) is 0 Å². The molecule has 0 heterocycles. The number of hydrogen-bond acceptors (Lipinski definition) is 1. The molecule has 0 spiro atoms. The fourth-order valence-corrected chi connectivity index (χ4v) is 2.46. The Morgan fingerprint density at radius 2 is 1.50 bits per heavy atom. The summed E-state index contributed by atoms with van der Waals surface area (Å²) in [5.74, 6) is 0.554. The van der Waals surface area contributed by atoms with Gasteiger partial charge in [-0.15, -0.1) is 0 Å². The largest absolute Gasteiger partial charge is 0.294 e. The summed E-state index contributed by atoms with van der Waals surface area (Å²) in [4.78, 5) is 12.4. The molecule has 1 nitrogen and oxygen atoms in total. The third-order valence-electron chi connectivity index (χ3n) is 3.42. The minimum atomic E-state index is 0.219. The van der Waals surface area contributed by atoms with Gasteiger partial charge in [-0.2, -0.15) is 0 Å². The van der Waals surface area contributed by atoms with Crippen LogP contribution in [0.2, 0.25) is 0 Å². The molecule has 0 unspecified atom stereocenters. The summed E-state index contributed by atoms with van der Waals surface area (Å²) >= 11 is 0. The van der Waals surface area contributed by atoms with E-state index in [-0.39, 0.29) is 5.92 Å². The number of Topliss-reactive ketones (excluding diaryl/α,β-unsaturated/α-hetero) is 1. The number of ketones is 1. The molecule has 0 fully saturated rings. The first-order chi connectivity index (χ1) is 8.72.